The molecule has 2 rings (SSSR count). The van der Waals surface area contributed by atoms with E-state index in [2.05, 4.69) is 10.6 Å². The average Bonchev–Trinajstić information content (AvgIpc) is 2.94. The standard InChI is InChI=1S/C13H19N3O2.ClH/c1-9(17)10-6-12(16(2)8-10)13(18)15-7-11-4-3-5-14-11;/h6,8,11,14H,3-5,7H2,1-2H3,(H,15,18);1H. The van der Waals surface area contributed by atoms with Gasteiger partial charge in [-0.15, -0.1) is 12.4 Å². The zero-order chi connectivity index (χ0) is 13.1. The van der Waals surface area contributed by atoms with E-state index in [9.17, 15) is 9.59 Å². The molecule has 106 valence electrons. The number of aryl methyl sites for hydroxylation is 1. The number of rotatable bonds is 4. The summed E-state index contributed by atoms with van der Waals surface area (Å²) < 4.78 is 1.69. The van der Waals surface area contributed by atoms with Crippen LogP contribution in [0.15, 0.2) is 12.3 Å². The van der Waals surface area contributed by atoms with E-state index in [1.54, 1.807) is 23.9 Å². The summed E-state index contributed by atoms with van der Waals surface area (Å²) in [4.78, 5) is 23.2. The topological polar surface area (TPSA) is 63.1 Å². The number of halogens is 1. The Bertz CT molecular complexity index is 464. The van der Waals surface area contributed by atoms with Crippen molar-refractivity contribution in [1.29, 1.82) is 0 Å². The number of carbonyl (C=O) groups excluding carboxylic acids is 2. The number of hydrogen-bond donors (Lipinski definition) is 2. The van der Waals surface area contributed by atoms with Crippen LogP contribution in [-0.2, 0) is 7.05 Å². The molecule has 19 heavy (non-hydrogen) atoms. The van der Waals surface area contributed by atoms with Gasteiger partial charge in [0.1, 0.15) is 5.69 Å². The molecule has 0 radical (unpaired) electrons. The molecule has 1 aliphatic heterocycles. The molecule has 0 aromatic carbocycles. The van der Waals surface area contributed by atoms with Crippen molar-refractivity contribution in [3.05, 3.63) is 23.5 Å². The minimum Gasteiger partial charge on any atom is -0.349 e. The summed E-state index contributed by atoms with van der Waals surface area (Å²) in [7, 11) is 1.77. The molecular formula is C13H20ClN3O2. The van der Waals surface area contributed by atoms with E-state index >= 15 is 0 Å². The van der Waals surface area contributed by atoms with E-state index in [4.69, 9.17) is 0 Å². The highest BCUT2D eigenvalue weighted by Crippen LogP contribution is 2.09. The SMILES string of the molecule is CC(=O)c1cc(C(=O)NCC2CCCN2)n(C)c1.Cl. The van der Waals surface area contributed by atoms with Crippen LogP contribution in [0.4, 0.5) is 0 Å². The first kappa shape index (κ1) is 15.7. The molecule has 2 N–H and O–H groups in total. The number of Topliss-reactive ketones (excluding diaryl/α,β-unsaturated/α-hetero) is 1. The molecule has 1 unspecified atom stereocenters. The molecule has 1 amide bonds. The zero-order valence-electron chi connectivity index (χ0n) is 11.2. The quantitative estimate of drug-likeness (QED) is 0.815. The molecule has 1 saturated heterocycles. The summed E-state index contributed by atoms with van der Waals surface area (Å²) in [6.45, 7) is 3.16. The average molecular weight is 286 g/mol. The molecule has 1 fully saturated rings. The summed E-state index contributed by atoms with van der Waals surface area (Å²) in [5.41, 5.74) is 1.10. The minimum absolute atomic E-state index is 0. The Balaban J connectivity index is 0.00000180. The van der Waals surface area contributed by atoms with Gasteiger partial charge in [-0.1, -0.05) is 0 Å². The van der Waals surface area contributed by atoms with Gasteiger partial charge in [0.2, 0.25) is 0 Å². The Morgan fingerprint density at radius 3 is 2.79 bits per heavy atom. The lowest BCUT2D eigenvalue weighted by atomic mass is 10.2. The van der Waals surface area contributed by atoms with Crippen molar-refractivity contribution in [3.63, 3.8) is 0 Å². The number of nitrogens with zero attached hydrogens (tertiary/aromatic N) is 1. The third-order valence-corrected chi connectivity index (χ3v) is 3.32. The normalized spacial score (nSPS) is 17.9. The van der Waals surface area contributed by atoms with Gasteiger partial charge in [-0.05, 0) is 32.4 Å². The largest absolute Gasteiger partial charge is 0.349 e. The maximum atomic E-state index is 12.0. The van der Waals surface area contributed by atoms with E-state index in [-0.39, 0.29) is 24.1 Å². The lowest BCUT2D eigenvalue weighted by Crippen LogP contribution is -2.37. The molecule has 2 heterocycles. The Morgan fingerprint density at radius 2 is 2.26 bits per heavy atom. The highest BCUT2D eigenvalue weighted by atomic mass is 35.5. The molecule has 1 aliphatic rings. The molecule has 1 atom stereocenters. The highest BCUT2D eigenvalue weighted by molar-refractivity contribution is 5.99. The van der Waals surface area contributed by atoms with E-state index in [1.165, 1.54) is 13.3 Å². The molecular weight excluding hydrogens is 266 g/mol. The van der Waals surface area contributed by atoms with Gasteiger partial charge in [0.05, 0.1) is 0 Å². The summed E-state index contributed by atoms with van der Waals surface area (Å²) in [5, 5.41) is 6.23. The predicted octanol–water partition coefficient (Wildman–Crippen LogP) is 1.13. The summed E-state index contributed by atoms with van der Waals surface area (Å²) in [6, 6.07) is 2.02. The van der Waals surface area contributed by atoms with Crippen LogP contribution in [0.25, 0.3) is 0 Å². The molecule has 1 aromatic heterocycles. The zero-order valence-corrected chi connectivity index (χ0v) is 12.0. The molecule has 0 saturated carbocycles. The summed E-state index contributed by atoms with van der Waals surface area (Å²) >= 11 is 0. The number of aromatic nitrogens is 1. The lowest BCUT2D eigenvalue weighted by Gasteiger charge is -2.11. The number of amides is 1. The Kier molecular flexibility index (Phi) is 5.57. The van der Waals surface area contributed by atoms with Crippen LogP contribution in [0, 0.1) is 0 Å². The molecule has 5 nitrogen and oxygen atoms in total. The van der Waals surface area contributed by atoms with E-state index in [0.717, 1.165) is 13.0 Å². The molecule has 6 heteroatoms. The van der Waals surface area contributed by atoms with Crippen molar-refractivity contribution in [2.45, 2.75) is 25.8 Å². The van der Waals surface area contributed by atoms with Gasteiger partial charge in [0.15, 0.2) is 5.78 Å². The number of nitrogens with one attached hydrogen (secondary N) is 2. The van der Waals surface area contributed by atoms with Crippen molar-refractivity contribution in [1.82, 2.24) is 15.2 Å². The molecule has 0 aliphatic carbocycles. The van der Waals surface area contributed by atoms with Gasteiger partial charge in [-0.2, -0.15) is 0 Å². The van der Waals surface area contributed by atoms with Gasteiger partial charge in [0.25, 0.3) is 5.91 Å². The van der Waals surface area contributed by atoms with Crippen molar-refractivity contribution in [2.24, 2.45) is 7.05 Å². The van der Waals surface area contributed by atoms with Crippen LogP contribution in [-0.4, -0.2) is 35.4 Å². The number of ketones is 1. The second kappa shape index (κ2) is 6.73. The summed E-state index contributed by atoms with van der Waals surface area (Å²) in [6.07, 6.45) is 3.95. The van der Waals surface area contributed by atoms with E-state index < -0.39 is 0 Å². The van der Waals surface area contributed by atoms with Crippen LogP contribution in [0.3, 0.4) is 0 Å². The first-order valence-corrected chi connectivity index (χ1v) is 6.27. The van der Waals surface area contributed by atoms with Gasteiger partial charge >= 0.3 is 0 Å². The van der Waals surface area contributed by atoms with Crippen molar-refractivity contribution in [3.8, 4) is 0 Å². The fourth-order valence-corrected chi connectivity index (χ4v) is 2.22. The smallest absolute Gasteiger partial charge is 0.267 e. The monoisotopic (exact) mass is 285 g/mol. The van der Waals surface area contributed by atoms with E-state index in [0.29, 0.717) is 23.8 Å². The van der Waals surface area contributed by atoms with Gasteiger partial charge < -0.3 is 15.2 Å². The third-order valence-electron chi connectivity index (χ3n) is 3.32. The third kappa shape index (κ3) is 3.81. The van der Waals surface area contributed by atoms with Crippen LogP contribution in [0.1, 0.15) is 40.6 Å². The molecule has 1 aromatic rings. The molecule has 0 spiro atoms. The van der Waals surface area contributed by atoms with E-state index in [1.807, 2.05) is 0 Å². The first-order chi connectivity index (χ1) is 8.58. The minimum atomic E-state index is -0.126. The molecule has 0 bridgehead atoms. The fourth-order valence-electron chi connectivity index (χ4n) is 2.22. The Hall–Kier alpha value is -1.33. The van der Waals surface area contributed by atoms with Crippen LogP contribution < -0.4 is 10.6 Å². The second-order valence-corrected chi connectivity index (χ2v) is 4.78. The second-order valence-electron chi connectivity index (χ2n) is 4.78. The fraction of sp³-hybridized carbons (Fsp3) is 0.538. The van der Waals surface area contributed by atoms with Gasteiger partial charge in [-0.25, -0.2) is 0 Å². The number of hydrogen-bond acceptors (Lipinski definition) is 3. The maximum Gasteiger partial charge on any atom is 0.267 e. The van der Waals surface area contributed by atoms with Gasteiger partial charge in [0, 0.05) is 31.4 Å². The number of carbonyl (C=O) groups is 2. The van der Waals surface area contributed by atoms with Crippen LogP contribution in [0.5, 0.6) is 0 Å². The van der Waals surface area contributed by atoms with Gasteiger partial charge in [-0.3, -0.25) is 9.59 Å². The lowest BCUT2D eigenvalue weighted by molar-refractivity contribution is 0.0942. The van der Waals surface area contributed by atoms with Crippen molar-refractivity contribution >= 4 is 24.1 Å². The summed E-state index contributed by atoms with van der Waals surface area (Å²) in [5.74, 6) is -0.152. The maximum absolute atomic E-state index is 12.0. The Morgan fingerprint density at radius 1 is 1.53 bits per heavy atom. The van der Waals surface area contributed by atoms with Crippen LogP contribution >= 0.6 is 12.4 Å². The first-order valence-electron chi connectivity index (χ1n) is 6.27. The highest BCUT2D eigenvalue weighted by Gasteiger charge is 2.17. The van der Waals surface area contributed by atoms with Crippen molar-refractivity contribution in [2.75, 3.05) is 13.1 Å². The predicted molar refractivity (Wildman–Crippen MR) is 76.0 cm³/mol. The Labute approximate surface area is 119 Å². The van der Waals surface area contributed by atoms with Crippen molar-refractivity contribution < 1.29 is 9.59 Å². The van der Waals surface area contributed by atoms with Crippen LogP contribution in [0.2, 0.25) is 0 Å².